The molecule has 156 valence electrons. The summed E-state index contributed by atoms with van der Waals surface area (Å²) < 4.78 is 5.07. The first-order valence-electron chi connectivity index (χ1n) is 9.07. The summed E-state index contributed by atoms with van der Waals surface area (Å²) in [5.74, 6) is -2.35. The van der Waals surface area contributed by atoms with Crippen LogP contribution in [-0.2, 0) is 19.1 Å². The van der Waals surface area contributed by atoms with Crippen LogP contribution in [0.1, 0.15) is 23.7 Å². The lowest BCUT2D eigenvalue weighted by atomic mass is 10.1. The Morgan fingerprint density at radius 3 is 2.67 bits per heavy atom. The van der Waals surface area contributed by atoms with Crippen molar-refractivity contribution >= 4 is 58.1 Å². The van der Waals surface area contributed by atoms with Gasteiger partial charge in [0.25, 0.3) is 5.91 Å². The fourth-order valence-electron chi connectivity index (χ4n) is 3.06. The van der Waals surface area contributed by atoms with Gasteiger partial charge in [-0.15, -0.1) is 0 Å². The Hall–Kier alpha value is -2.90. The molecule has 0 bridgehead atoms. The summed E-state index contributed by atoms with van der Waals surface area (Å²) in [6.45, 7) is 0.997. The van der Waals surface area contributed by atoms with Gasteiger partial charge in [0.1, 0.15) is 0 Å². The largest absolute Gasteiger partial charge is 0.455 e. The Kier molecular flexibility index (Phi) is 6.74. The van der Waals surface area contributed by atoms with Crippen LogP contribution in [0.4, 0.5) is 11.4 Å². The van der Waals surface area contributed by atoms with Crippen molar-refractivity contribution in [3.8, 4) is 0 Å². The third-order valence-electron chi connectivity index (χ3n) is 4.56. The van der Waals surface area contributed by atoms with Crippen LogP contribution in [0, 0.1) is 5.92 Å². The van der Waals surface area contributed by atoms with Crippen molar-refractivity contribution < 1.29 is 23.9 Å². The number of carbonyl (C=O) groups excluding carboxylic acids is 4. The van der Waals surface area contributed by atoms with E-state index < -0.39 is 24.4 Å². The number of anilines is 2. The van der Waals surface area contributed by atoms with Crippen LogP contribution < -0.4 is 10.2 Å². The lowest BCUT2D eigenvalue weighted by molar-refractivity contribution is -0.151. The van der Waals surface area contributed by atoms with Gasteiger partial charge in [0.05, 0.1) is 16.6 Å². The standard InChI is InChI=1S/C21H18Cl2N2O5/c1-12(26)13-3-2-4-16(7-13)24-19(27)11-30-21(29)14-8-20(28)25(10-14)18-9-15(22)5-6-17(18)23/h2-7,9,14H,8,10-11H2,1H3,(H,24,27)/t14-/m0/s1. The molecule has 30 heavy (non-hydrogen) atoms. The fourth-order valence-corrected chi connectivity index (χ4v) is 3.44. The normalized spacial score (nSPS) is 15.8. The van der Waals surface area contributed by atoms with Crippen LogP contribution in [-0.4, -0.2) is 36.7 Å². The molecule has 7 nitrogen and oxygen atoms in total. The van der Waals surface area contributed by atoms with Crippen molar-refractivity contribution in [1.29, 1.82) is 0 Å². The molecule has 1 aliphatic rings. The Labute approximate surface area is 182 Å². The Morgan fingerprint density at radius 1 is 1.17 bits per heavy atom. The predicted octanol–water partition coefficient (Wildman–Crippen LogP) is 3.73. The highest BCUT2D eigenvalue weighted by Crippen LogP contribution is 2.33. The van der Waals surface area contributed by atoms with E-state index in [1.165, 1.54) is 17.9 Å². The van der Waals surface area contributed by atoms with Crippen molar-refractivity contribution in [2.24, 2.45) is 5.92 Å². The molecular weight excluding hydrogens is 431 g/mol. The van der Waals surface area contributed by atoms with Crippen LogP contribution >= 0.6 is 23.2 Å². The van der Waals surface area contributed by atoms with Crippen LogP contribution in [0.15, 0.2) is 42.5 Å². The molecule has 2 aromatic carbocycles. The molecule has 9 heteroatoms. The van der Waals surface area contributed by atoms with E-state index in [4.69, 9.17) is 27.9 Å². The summed E-state index contributed by atoms with van der Waals surface area (Å²) >= 11 is 12.1. The molecule has 1 aliphatic heterocycles. The van der Waals surface area contributed by atoms with Crippen molar-refractivity contribution in [3.63, 3.8) is 0 Å². The first-order chi connectivity index (χ1) is 14.2. The molecule has 0 aromatic heterocycles. The summed E-state index contributed by atoms with van der Waals surface area (Å²) in [6.07, 6.45) is -0.0516. The molecule has 2 aromatic rings. The topological polar surface area (TPSA) is 92.8 Å². The number of hydrogen-bond donors (Lipinski definition) is 1. The number of nitrogens with one attached hydrogen (secondary N) is 1. The van der Waals surface area contributed by atoms with Crippen LogP contribution in [0.2, 0.25) is 10.0 Å². The third-order valence-corrected chi connectivity index (χ3v) is 5.11. The van der Waals surface area contributed by atoms with E-state index in [2.05, 4.69) is 5.32 Å². The quantitative estimate of drug-likeness (QED) is 0.536. The third kappa shape index (κ3) is 5.17. The molecule has 0 radical (unpaired) electrons. The average Bonchev–Trinajstić information content (AvgIpc) is 3.09. The predicted molar refractivity (Wildman–Crippen MR) is 113 cm³/mol. The Balaban J connectivity index is 1.56. The number of amides is 2. The molecule has 0 aliphatic carbocycles. The van der Waals surface area contributed by atoms with Crippen molar-refractivity contribution in [3.05, 3.63) is 58.1 Å². The smallest absolute Gasteiger partial charge is 0.311 e. The zero-order valence-electron chi connectivity index (χ0n) is 16.0. The highest BCUT2D eigenvalue weighted by atomic mass is 35.5. The number of esters is 1. The van der Waals surface area contributed by atoms with Crippen molar-refractivity contribution in [2.45, 2.75) is 13.3 Å². The maximum Gasteiger partial charge on any atom is 0.311 e. The molecular formula is C21H18Cl2N2O5. The van der Waals surface area contributed by atoms with E-state index in [9.17, 15) is 19.2 Å². The van der Waals surface area contributed by atoms with Crippen LogP contribution in [0.3, 0.4) is 0 Å². The maximum atomic E-state index is 12.3. The summed E-state index contributed by atoms with van der Waals surface area (Å²) in [5, 5.41) is 3.32. The second-order valence-corrected chi connectivity index (χ2v) is 7.64. The SMILES string of the molecule is CC(=O)c1cccc(NC(=O)COC(=O)[C@H]2CC(=O)N(c3cc(Cl)ccc3Cl)C2)c1. The van der Waals surface area contributed by atoms with Crippen LogP contribution in [0.25, 0.3) is 0 Å². The van der Waals surface area contributed by atoms with Gasteiger partial charge in [-0.3, -0.25) is 19.2 Å². The molecule has 1 N–H and O–H groups in total. The van der Waals surface area contributed by atoms with Crippen molar-refractivity contribution in [2.75, 3.05) is 23.4 Å². The molecule has 0 unspecified atom stereocenters. The average molecular weight is 449 g/mol. The van der Waals surface area contributed by atoms with Gasteiger partial charge < -0.3 is 15.0 Å². The maximum absolute atomic E-state index is 12.3. The van der Waals surface area contributed by atoms with Gasteiger partial charge in [-0.25, -0.2) is 0 Å². The fraction of sp³-hybridized carbons (Fsp3) is 0.238. The molecule has 3 rings (SSSR count). The number of rotatable bonds is 6. The summed E-state index contributed by atoms with van der Waals surface area (Å²) in [6, 6.07) is 11.1. The lowest BCUT2D eigenvalue weighted by Gasteiger charge is -2.18. The number of hydrogen-bond acceptors (Lipinski definition) is 5. The second-order valence-electron chi connectivity index (χ2n) is 6.79. The lowest BCUT2D eigenvalue weighted by Crippen LogP contribution is -2.28. The van der Waals surface area contributed by atoms with E-state index >= 15 is 0 Å². The number of Topliss-reactive ketones (excluding diaryl/α,β-unsaturated/α-hetero) is 1. The summed E-state index contributed by atoms with van der Waals surface area (Å²) in [7, 11) is 0. The van der Waals surface area contributed by atoms with Crippen molar-refractivity contribution in [1.82, 2.24) is 0 Å². The monoisotopic (exact) mass is 448 g/mol. The summed E-state index contributed by atoms with van der Waals surface area (Å²) in [5.41, 5.74) is 1.29. The minimum absolute atomic E-state index is 0.0516. The van der Waals surface area contributed by atoms with Gasteiger partial charge in [0.2, 0.25) is 5.91 Å². The molecule has 1 saturated heterocycles. The number of nitrogens with zero attached hydrogens (tertiary/aromatic N) is 1. The van der Waals surface area contributed by atoms with Gasteiger partial charge in [0, 0.05) is 29.2 Å². The van der Waals surface area contributed by atoms with E-state index in [1.807, 2.05) is 0 Å². The molecule has 2 amide bonds. The number of carbonyl (C=O) groups is 4. The Morgan fingerprint density at radius 2 is 1.93 bits per heavy atom. The van der Waals surface area contributed by atoms with E-state index in [-0.39, 0.29) is 24.7 Å². The number of benzene rings is 2. The number of ketones is 1. The zero-order chi connectivity index (χ0) is 21.8. The van der Waals surface area contributed by atoms with Gasteiger partial charge in [-0.2, -0.15) is 0 Å². The van der Waals surface area contributed by atoms with Gasteiger partial charge in [-0.05, 0) is 37.3 Å². The molecule has 0 saturated carbocycles. The van der Waals surface area contributed by atoms with E-state index in [0.29, 0.717) is 27.0 Å². The number of halogens is 2. The van der Waals surface area contributed by atoms with Crippen LogP contribution in [0.5, 0.6) is 0 Å². The first-order valence-corrected chi connectivity index (χ1v) is 9.83. The van der Waals surface area contributed by atoms with E-state index in [0.717, 1.165) is 0 Å². The highest BCUT2D eigenvalue weighted by molar-refractivity contribution is 6.35. The molecule has 0 spiro atoms. The second kappa shape index (κ2) is 9.28. The van der Waals surface area contributed by atoms with Gasteiger partial charge in [-0.1, -0.05) is 35.3 Å². The zero-order valence-corrected chi connectivity index (χ0v) is 17.5. The minimum atomic E-state index is -0.721. The highest BCUT2D eigenvalue weighted by Gasteiger charge is 2.37. The minimum Gasteiger partial charge on any atom is -0.455 e. The molecule has 1 fully saturated rings. The molecule has 1 atom stereocenters. The Bertz CT molecular complexity index is 1020. The first kappa shape index (κ1) is 21.8. The molecule has 1 heterocycles. The van der Waals surface area contributed by atoms with Gasteiger partial charge in [0.15, 0.2) is 12.4 Å². The van der Waals surface area contributed by atoms with Gasteiger partial charge >= 0.3 is 5.97 Å². The van der Waals surface area contributed by atoms with E-state index in [1.54, 1.807) is 36.4 Å². The number of ether oxygens (including phenoxy) is 1. The summed E-state index contributed by atoms with van der Waals surface area (Å²) in [4.78, 5) is 49.5.